The lowest BCUT2D eigenvalue weighted by molar-refractivity contribution is 0.118. The summed E-state index contributed by atoms with van der Waals surface area (Å²) in [6, 6.07) is 2.46. The molecular weight excluding hydrogens is 295 g/mol. The van der Waals surface area contributed by atoms with Gasteiger partial charge in [-0.15, -0.1) is 0 Å². The molecule has 0 amide bonds. The topological polar surface area (TPSA) is 72.6 Å². The number of methoxy groups -OCH3 is 1. The van der Waals surface area contributed by atoms with Crippen molar-refractivity contribution in [2.75, 3.05) is 32.5 Å². The van der Waals surface area contributed by atoms with E-state index in [-0.39, 0.29) is 22.1 Å². The Balaban J connectivity index is 2.34. The van der Waals surface area contributed by atoms with E-state index in [1.807, 2.05) is 0 Å². The van der Waals surface area contributed by atoms with E-state index < -0.39 is 15.8 Å². The van der Waals surface area contributed by atoms with Crippen LogP contribution >= 0.6 is 0 Å². The summed E-state index contributed by atoms with van der Waals surface area (Å²) in [6.07, 6.45) is 1.71. The Morgan fingerprint density at radius 2 is 2.19 bits per heavy atom. The van der Waals surface area contributed by atoms with Crippen LogP contribution in [0.5, 0.6) is 0 Å². The van der Waals surface area contributed by atoms with Gasteiger partial charge >= 0.3 is 0 Å². The molecule has 1 atom stereocenters. The molecule has 1 unspecified atom stereocenters. The van der Waals surface area contributed by atoms with Crippen molar-refractivity contribution >= 4 is 15.7 Å². The van der Waals surface area contributed by atoms with Gasteiger partial charge in [0, 0.05) is 31.5 Å². The van der Waals surface area contributed by atoms with E-state index in [0.29, 0.717) is 19.7 Å². The van der Waals surface area contributed by atoms with Gasteiger partial charge in [0.1, 0.15) is 5.82 Å². The average Bonchev–Trinajstić information content (AvgIpc) is 2.43. The summed E-state index contributed by atoms with van der Waals surface area (Å²) >= 11 is 0. The number of nitrogen functional groups attached to an aromatic ring is 1. The monoisotopic (exact) mass is 316 g/mol. The van der Waals surface area contributed by atoms with Crippen molar-refractivity contribution in [1.82, 2.24) is 4.31 Å². The second kappa shape index (κ2) is 6.29. The molecule has 1 saturated heterocycles. The zero-order chi connectivity index (χ0) is 15.6. The Bertz CT molecular complexity index is 617. The molecule has 1 aromatic carbocycles. The lowest BCUT2D eigenvalue weighted by Crippen LogP contribution is -2.41. The van der Waals surface area contributed by atoms with Gasteiger partial charge in [0.15, 0.2) is 0 Å². The van der Waals surface area contributed by atoms with Crippen molar-refractivity contribution in [3.63, 3.8) is 0 Å². The largest absolute Gasteiger partial charge is 0.399 e. The Morgan fingerprint density at radius 1 is 1.48 bits per heavy atom. The predicted octanol–water partition coefficient (Wildman–Crippen LogP) is 1.76. The number of halogens is 1. The molecule has 2 N–H and O–H groups in total. The third-order valence-corrected chi connectivity index (χ3v) is 5.81. The molecule has 1 aliphatic heterocycles. The highest BCUT2D eigenvalue weighted by Gasteiger charge is 2.32. The van der Waals surface area contributed by atoms with Crippen molar-refractivity contribution in [3.05, 3.63) is 23.5 Å². The van der Waals surface area contributed by atoms with Crippen LogP contribution < -0.4 is 5.73 Å². The first kappa shape index (κ1) is 16.2. The second-order valence-corrected chi connectivity index (χ2v) is 7.36. The normalized spacial score (nSPS) is 20.6. The first-order valence-corrected chi connectivity index (χ1v) is 8.35. The lowest BCUT2D eigenvalue weighted by atomic mass is 10.0. The summed E-state index contributed by atoms with van der Waals surface area (Å²) in [5.74, 6) is -0.427. The molecule has 7 heteroatoms. The molecule has 0 spiro atoms. The molecule has 0 bridgehead atoms. The predicted molar refractivity (Wildman–Crippen MR) is 78.9 cm³/mol. The molecule has 5 nitrogen and oxygen atoms in total. The Morgan fingerprint density at radius 3 is 2.86 bits per heavy atom. The number of hydrogen-bond donors (Lipinski definition) is 1. The van der Waals surface area contributed by atoms with Gasteiger partial charge < -0.3 is 10.5 Å². The number of hydrogen-bond acceptors (Lipinski definition) is 4. The van der Waals surface area contributed by atoms with E-state index in [1.165, 1.54) is 17.3 Å². The van der Waals surface area contributed by atoms with Gasteiger partial charge in [-0.1, -0.05) is 0 Å². The minimum atomic E-state index is -3.73. The zero-order valence-corrected chi connectivity index (χ0v) is 13.1. The highest BCUT2D eigenvalue weighted by atomic mass is 32.2. The van der Waals surface area contributed by atoms with Crippen LogP contribution in [0.2, 0.25) is 0 Å². The van der Waals surface area contributed by atoms with Crippen LogP contribution in [0, 0.1) is 18.7 Å². The number of rotatable bonds is 4. The molecule has 2 rings (SSSR count). The lowest BCUT2D eigenvalue weighted by Gasteiger charge is -2.32. The quantitative estimate of drug-likeness (QED) is 0.859. The number of benzene rings is 1. The highest BCUT2D eigenvalue weighted by molar-refractivity contribution is 7.89. The van der Waals surface area contributed by atoms with Gasteiger partial charge in [0.2, 0.25) is 10.0 Å². The molecule has 1 aliphatic rings. The molecule has 1 heterocycles. The van der Waals surface area contributed by atoms with Gasteiger partial charge in [0.25, 0.3) is 0 Å². The summed E-state index contributed by atoms with van der Waals surface area (Å²) in [7, 11) is -2.13. The number of nitrogens with zero attached hydrogens (tertiary/aromatic N) is 1. The van der Waals surface area contributed by atoms with E-state index in [9.17, 15) is 12.8 Å². The molecule has 0 saturated carbocycles. The van der Waals surface area contributed by atoms with Crippen LogP contribution in [-0.2, 0) is 14.8 Å². The maximum absolute atomic E-state index is 13.8. The Labute approximate surface area is 124 Å². The molecular formula is C14H21FN2O3S. The van der Waals surface area contributed by atoms with Crippen molar-refractivity contribution in [2.24, 2.45) is 5.92 Å². The van der Waals surface area contributed by atoms with Crippen LogP contribution in [0.3, 0.4) is 0 Å². The zero-order valence-electron chi connectivity index (χ0n) is 12.3. The molecule has 0 aromatic heterocycles. The van der Waals surface area contributed by atoms with Crippen LogP contribution in [-0.4, -0.2) is 39.5 Å². The van der Waals surface area contributed by atoms with Crippen molar-refractivity contribution in [2.45, 2.75) is 24.7 Å². The van der Waals surface area contributed by atoms with Crippen LogP contribution in [0.4, 0.5) is 10.1 Å². The van der Waals surface area contributed by atoms with Crippen LogP contribution in [0.25, 0.3) is 0 Å². The molecule has 21 heavy (non-hydrogen) atoms. The smallest absolute Gasteiger partial charge is 0.243 e. The summed E-state index contributed by atoms with van der Waals surface area (Å²) in [4.78, 5) is -0.0435. The van der Waals surface area contributed by atoms with E-state index in [4.69, 9.17) is 10.5 Å². The van der Waals surface area contributed by atoms with Gasteiger partial charge in [0.05, 0.1) is 11.5 Å². The fourth-order valence-corrected chi connectivity index (χ4v) is 4.52. The van der Waals surface area contributed by atoms with Crippen molar-refractivity contribution < 1.29 is 17.5 Å². The van der Waals surface area contributed by atoms with E-state index >= 15 is 0 Å². The maximum Gasteiger partial charge on any atom is 0.243 e. The molecule has 1 aromatic rings. The van der Waals surface area contributed by atoms with Gasteiger partial charge in [-0.2, -0.15) is 4.31 Å². The number of ether oxygens (including phenoxy) is 1. The third kappa shape index (κ3) is 3.36. The Kier molecular flexibility index (Phi) is 4.85. The summed E-state index contributed by atoms with van der Waals surface area (Å²) in [6.45, 7) is 2.82. The second-order valence-electron chi connectivity index (χ2n) is 5.45. The summed E-state index contributed by atoms with van der Waals surface area (Å²) in [5.41, 5.74) is 5.81. The maximum atomic E-state index is 13.8. The SMILES string of the molecule is COCC1CCCN(S(=O)(=O)c2cc(N)cc(F)c2C)C1. The molecule has 118 valence electrons. The molecule has 1 fully saturated rings. The third-order valence-electron chi connectivity index (χ3n) is 3.82. The first-order chi connectivity index (χ1) is 9.86. The van der Waals surface area contributed by atoms with Gasteiger partial charge in [-0.05, 0) is 37.8 Å². The Hall–Kier alpha value is -1.18. The van der Waals surface area contributed by atoms with E-state index in [1.54, 1.807) is 7.11 Å². The minimum absolute atomic E-state index is 0.0435. The fourth-order valence-electron chi connectivity index (χ4n) is 2.70. The first-order valence-electron chi connectivity index (χ1n) is 6.91. The van der Waals surface area contributed by atoms with Gasteiger partial charge in [-0.3, -0.25) is 0 Å². The summed E-state index contributed by atoms with van der Waals surface area (Å²) in [5, 5.41) is 0. The summed E-state index contributed by atoms with van der Waals surface area (Å²) < 4.78 is 45.7. The standard InChI is InChI=1S/C14H21FN2O3S/c1-10-13(15)6-12(16)7-14(10)21(18,19)17-5-3-4-11(8-17)9-20-2/h6-7,11H,3-5,8-9,16H2,1-2H3. The van der Waals surface area contributed by atoms with Crippen molar-refractivity contribution in [1.29, 1.82) is 0 Å². The van der Waals surface area contributed by atoms with Crippen LogP contribution in [0.1, 0.15) is 18.4 Å². The minimum Gasteiger partial charge on any atom is -0.399 e. The average molecular weight is 316 g/mol. The molecule has 0 aliphatic carbocycles. The number of nitrogens with two attached hydrogens (primary N) is 1. The highest BCUT2D eigenvalue weighted by Crippen LogP contribution is 2.28. The van der Waals surface area contributed by atoms with Gasteiger partial charge in [-0.25, -0.2) is 12.8 Å². The van der Waals surface area contributed by atoms with Crippen molar-refractivity contribution in [3.8, 4) is 0 Å². The van der Waals surface area contributed by atoms with E-state index in [0.717, 1.165) is 18.9 Å². The van der Waals surface area contributed by atoms with E-state index in [2.05, 4.69) is 0 Å². The number of sulfonamides is 1. The van der Waals surface area contributed by atoms with Crippen LogP contribution in [0.15, 0.2) is 17.0 Å². The number of piperidine rings is 1. The number of anilines is 1. The molecule has 0 radical (unpaired) electrons. The fraction of sp³-hybridized carbons (Fsp3) is 0.571.